The van der Waals surface area contributed by atoms with Crippen molar-refractivity contribution in [3.8, 4) is 11.5 Å². The van der Waals surface area contributed by atoms with Crippen molar-refractivity contribution in [3.63, 3.8) is 0 Å². The van der Waals surface area contributed by atoms with E-state index in [1.807, 2.05) is 18.2 Å². The molecule has 0 fully saturated rings. The van der Waals surface area contributed by atoms with Crippen LogP contribution in [0.2, 0.25) is 0 Å². The lowest BCUT2D eigenvalue weighted by atomic mass is 10.0. The van der Waals surface area contributed by atoms with Crippen LogP contribution in [0.15, 0.2) is 71.9 Å². The molecule has 2 aliphatic heterocycles. The molecular weight excluding hydrogens is 430 g/mol. The number of amides is 1. The van der Waals surface area contributed by atoms with Crippen molar-refractivity contribution in [1.29, 1.82) is 0 Å². The van der Waals surface area contributed by atoms with Crippen LogP contribution in [0.3, 0.4) is 0 Å². The highest BCUT2D eigenvalue weighted by Gasteiger charge is 2.29. The lowest BCUT2D eigenvalue weighted by Gasteiger charge is -2.25. The largest absolute Gasteiger partial charge is 0.454 e. The van der Waals surface area contributed by atoms with Gasteiger partial charge in [-0.05, 0) is 48.0 Å². The number of benzene rings is 3. The van der Waals surface area contributed by atoms with Gasteiger partial charge in [-0.1, -0.05) is 29.4 Å². The lowest BCUT2D eigenvalue weighted by molar-refractivity contribution is 0.0402. The minimum atomic E-state index is -0.614. The Labute approximate surface area is 189 Å². The molecule has 0 saturated heterocycles. The molecule has 0 bridgehead atoms. The summed E-state index contributed by atoms with van der Waals surface area (Å²) in [7, 11) is 0. The number of oxime groups is 1. The Balaban J connectivity index is 1.34. The third-order valence-electron chi connectivity index (χ3n) is 5.52. The van der Waals surface area contributed by atoms with E-state index in [1.54, 1.807) is 18.2 Å². The van der Waals surface area contributed by atoms with E-state index in [-0.39, 0.29) is 25.4 Å². The number of hydrogen-bond acceptors (Lipinski definition) is 5. The Morgan fingerprint density at radius 2 is 1.85 bits per heavy atom. The minimum Gasteiger partial charge on any atom is -0.454 e. The molecule has 0 radical (unpaired) electrons. The summed E-state index contributed by atoms with van der Waals surface area (Å²) in [5.74, 6) is -0.210. The number of ether oxygens (including phenoxy) is 2. The Hall–Kier alpha value is -3.94. The number of carbonyl (C=O) groups excluding carboxylic acids is 1. The summed E-state index contributed by atoms with van der Waals surface area (Å²) in [6.45, 7) is 0.433. The Kier molecular flexibility index (Phi) is 5.64. The molecule has 0 aliphatic carbocycles. The van der Waals surface area contributed by atoms with Gasteiger partial charge in [-0.3, -0.25) is 4.79 Å². The van der Waals surface area contributed by atoms with Gasteiger partial charge in [0, 0.05) is 18.5 Å². The molecule has 1 atom stereocenters. The van der Waals surface area contributed by atoms with Crippen LogP contribution in [0.25, 0.3) is 0 Å². The molecule has 8 heteroatoms. The average molecular weight is 450 g/mol. The number of hydrogen-bond donors (Lipinski definition) is 0. The molecule has 33 heavy (non-hydrogen) atoms. The normalized spacial score (nSPS) is 16.3. The van der Waals surface area contributed by atoms with Gasteiger partial charge in [-0.2, -0.15) is 0 Å². The average Bonchev–Trinajstić information content (AvgIpc) is 3.47. The monoisotopic (exact) mass is 450 g/mol. The summed E-state index contributed by atoms with van der Waals surface area (Å²) < 4.78 is 38.8. The molecule has 2 aliphatic rings. The molecule has 1 amide bonds. The number of fused-ring (bicyclic) bond motifs is 1. The second kappa shape index (κ2) is 8.90. The zero-order chi connectivity index (χ0) is 22.8. The van der Waals surface area contributed by atoms with Crippen molar-refractivity contribution >= 4 is 11.6 Å². The maximum absolute atomic E-state index is 14.3. The van der Waals surface area contributed by atoms with Gasteiger partial charge in [0.15, 0.2) is 17.6 Å². The van der Waals surface area contributed by atoms with Crippen LogP contribution in [0.5, 0.6) is 11.5 Å². The van der Waals surface area contributed by atoms with Crippen LogP contribution in [0.4, 0.5) is 8.78 Å². The van der Waals surface area contributed by atoms with E-state index in [9.17, 15) is 13.6 Å². The van der Waals surface area contributed by atoms with Crippen LogP contribution >= 0.6 is 0 Å². The van der Waals surface area contributed by atoms with Crippen molar-refractivity contribution in [2.45, 2.75) is 19.1 Å². The van der Waals surface area contributed by atoms with E-state index >= 15 is 0 Å². The lowest BCUT2D eigenvalue weighted by Crippen LogP contribution is -2.37. The standard InChI is InChI=1S/C25H20F2N2O4/c26-18-5-3-4-16(10-18)13-29(25(30)20-6-1-2-7-21(20)27)14-19-12-22(28-33-19)17-8-9-23-24(11-17)32-15-31-23/h1-11,19H,12-15H2. The first-order valence-corrected chi connectivity index (χ1v) is 10.5. The van der Waals surface area contributed by atoms with Gasteiger partial charge >= 0.3 is 0 Å². The molecule has 0 aromatic heterocycles. The fourth-order valence-corrected chi connectivity index (χ4v) is 3.90. The predicted molar refractivity (Wildman–Crippen MR) is 116 cm³/mol. The number of halogens is 2. The number of rotatable bonds is 6. The molecule has 6 nitrogen and oxygen atoms in total. The SMILES string of the molecule is O=C(c1ccccc1F)N(Cc1cccc(F)c1)CC1CC(c2ccc3c(c2)OCO3)=NO1. The van der Waals surface area contributed by atoms with Gasteiger partial charge in [0.2, 0.25) is 6.79 Å². The second-order valence-electron chi connectivity index (χ2n) is 7.83. The molecule has 168 valence electrons. The zero-order valence-electron chi connectivity index (χ0n) is 17.5. The van der Waals surface area contributed by atoms with Crippen LogP contribution < -0.4 is 9.47 Å². The zero-order valence-corrected chi connectivity index (χ0v) is 17.5. The smallest absolute Gasteiger partial charge is 0.257 e. The molecule has 2 heterocycles. The third kappa shape index (κ3) is 4.50. The van der Waals surface area contributed by atoms with Crippen molar-refractivity contribution in [3.05, 3.63) is 95.1 Å². The Morgan fingerprint density at radius 3 is 2.70 bits per heavy atom. The van der Waals surface area contributed by atoms with Crippen LogP contribution in [0.1, 0.15) is 27.9 Å². The summed E-state index contributed by atoms with van der Waals surface area (Å²) >= 11 is 0. The van der Waals surface area contributed by atoms with Crippen molar-refractivity contribution in [1.82, 2.24) is 4.90 Å². The van der Waals surface area contributed by atoms with Crippen LogP contribution in [-0.4, -0.2) is 36.0 Å². The number of nitrogens with zero attached hydrogens (tertiary/aromatic N) is 2. The van der Waals surface area contributed by atoms with E-state index in [0.717, 1.165) is 5.56 Å². The molecule has 5 rings (SSSR count). The first-order valence-electron chi connectivity index (χ1n) is 10.5. The maximum atomic E-state index is 14.3. The molecule has 3 aromatic rings. The van der Waals surface area contributed by atoms with E-state index in [1.165, 1.54) is 35.2 Å². The molecule has 3 aromatic carbocycles. The van der Waals surface area contributed by atoms with Gasteiger partial charge in [0.1, 0.15) is 11.6 Å². The first-order chi connectivity index (χ1) is 16.1. The molecule has 0 saturated carbocycles. The van der Waals surface area contributed by atoms with Gasteiger partial charge in [-0.15, -0.1) is 0 Å². The summed E-state index contributed by atoms with van der Waals surface area (Å²) in [6.07, 6.45) is 0.0128. The van der Waals surface area contributed by atoms with Crippen molar-refractivity contribution in [2.24, 2.45) is 5.16 Å². The van der Waals surface area contributed by atoms with Gasteiger partial charge in [0.25, 0.3) is 5.91 Å². The minimum absolute atomic E-state index is 0.0520. The summed E-state index contributed by atoms with van der Waals surface area (Å²) in [4.78, 5) is 20.2. The fraction of sp³-hybridized carbons (Fsp3) is 0.200. The third-order valence-corrected chi connectivity index (χ3v) is 5.52. The van der Waals surface area contributed by atoms with Crippen LogP contribution in [-0.2, 0) is 11.4 Å². The van der Waals surface area contributed by atoms with Gasteiger partial charge in [0.05, 0.1) is 17.8 Å². The van der Waals surface area contributed by atoms with E-state index in [0.29, 0.717) is 29.2 Å². The summed E-state index contributed by atoms with van der Waals surface area (Å²) in [6, 6.07) is 17.3. The second-order valence-corrected chi connectivity index (χ2v) is 7.83. The molecule has 1 unspecified atom stereocenters. The summed E-state index contributed by atoms with van der Waals surface area (Å²) in [5, 5.41) is 4.18. The molecule has 0 N–H and O–H groups in total. The topological polar surface area (TPSA) is 60.4 Å². The quantitative estimate of drug-likeness (QED) is 0.554. The molecular formula is C25H20F2N2O4. The van der Waals surface area contributed by atoms with Crippen LogP contribution in [0, 0.1) is 11.6 Å². The fourth-order valence-electron chi connectivity index (χ4n) is 3.90. The van der Waals surface area contributed by atoms with Crippen molar-refractivity contribution < 1.29 is 27.9 Å². The maximum Gasteiger partial charge on any atom is 0.257 e. The van der Waals surface area contributed by atoms with Gasteiger partial charge < -0.3 is 19.2 Å². The van der Waals surface area contributed by atoms with E-state index < -0.39 is 23.6 Å². The van der Waals surface area contributed by atoms with E-state index in [2.05, 4.69) is 5.16 Å². The predicted octanol–water partition coefficient (Wildman–Crippen LogP) is 4.53. The first kappa shape index (κ1) is 20.9. The summed E-state index contributed by atoms with van der Waals surface area (Å²) in [5.41, 5.74) is 2.08. The highest BCUT2D eigenvalue weighted by atomic mass is 19.1. The van der Waals surface area contributed by atoms with Gasteiger partial charge in [-0.25, -0.2) is 8.78 Å². The number of carbonyl (C=O) groups is 1. The van der Waals surface area contributed by atoms with Crippen molar-refractivity contribution in [2.75, 3.05) is 13.3 Å². The van der Waals surface area contributed by atoms with E-state index in [4.69, 9.17) is 14.3 Å². The molecule has 0 spiro atoms. The Morgan fingerprint density at radius 1 is 1.00 bits per heavy atom. The highest BCUT2D eigenvalue weighted by Crippen LogP contribution is 2.33. The Bertz CT molecular complexity index is 1230. The highest BCUT2D eigenvalue weighted by molar-refractivity contribution is 6.02.